The Balaban J connectivity index is 1.95. The lowest BCUT2D eigenvalue weighted by Crippen LogP contribution is -2.16. The van der Waals surface area contributed by atoms with Gasteiger partial charge in [-0.2, -0.15) is 13.2 Å². The highest BCUT2D eigenvalue weighted by Crippen LogP contribution is 2.29. The first kappa shape index (κ1) is 18.4. The summed E-state index contributed by atoms with van der Waals surface area (Å²) in [6.07, 6.45) is -4.20. The molecule has 24 heavy (non-hydrogen) atoms. The van der Waals surface area contributed by atoms with Crippen LogP contribution in [0.3, 0.4) is 0 Å². The van der Waals surface area contributed by atoms with Crippen molar-refractivity contribution in [3.05, 3.63) is 35.1 Å². The van der Waals surface area contributed by atoms with E-state index in [1.165, 1.54) is 7.11 Å². The highest BCUT2D eigenvalue weighted by Gasteiger charge is 2.27. The third-order valence-corrected chi connectivity index (χ3v) is 4.07. The molecule has 0 aliphatic heterocycles. The van der Waals surface area contributed by atoms with Gasteiger partial charge in [-0.05, 0) is 30.1 Å². The minimum atomic E-state index is -4.30. The van der Waals surface area contributed by atoms with Crippen LogP contribution in [0.15, 0.2) is 29.3 Å². The number of carbonyl (C=O) groups excluding carboxylic acids is 1. The van der Waals surface area contributed by atoms with E-state index in [1.807, 2.05) is 0 Å². The van der Waals surface area contributed by atoms with Gasteiger partial charge in [0.25, 0.3) is 5.91 Å². The van der Waals surface area contributed by atoms with Gasteiger partial charge in [-0.15, -0.1) is 5.10 Å². The third kappa shape index (κ3) is 5.31. The monoisotopic (exact) mass is 380 g/mol. The fourth-order valence-corrected chi connectivity index (χ4v) is 2.48. The highest BCUT2D eigenvalue weighted by molar-refractivity contribution is 7.98. The number of carbonyl (C=O) groups is 1. The summed E-state index contributed by atoms with van der Waals surface area (Å²) in [5, 5.41) is 7.45. The molecule has 0 saturated heterocycles. The lowest BCUT2D eigenvalue weighted by molar-refractivity contribution is -0.137. The number of aromatic nitrogens is 3. The van der Waals surface area contributed by atoms with Crippen molar-refractivity contribution in [1.29, 1.82) is 0 Å². The summed E-state index contributed by atoms with van der Waals surface area (Å²) < 4.78 is 45.0. The molecule has 0 saturated carbocycles. The molecule has 0 bridgehead atoms. The molecule has 2 aromatic rings. The summed E-state index contributed by atoms with van der Waals surface area (Å²) in [6.45, 7) is -0.404. The number of alkyl halides is 3. The van der Waals surface area contributed by atoms with E-state index >= 15 is 0 Å². The van der Waals surface area contributed by atoms with E-state index in [1.54, 1.807) is 18.2 Å². The molecule has 6 nitrogen and oxygen atoms in total. The first-order valence-corrected chi connectivity index (χ1v) is 7.75. The van der Waals surface area contributed by atoms with E-state index in [0.717, 1.165) is 22.8 Å². The summed E-state index contributed by atoms with van der Waals surface area (Å²) >= 11 is 6.94. The van der Waals surface area contributed by atoms with E-state index in [4.69, 9.17) is 16.3 Å². The molecule has 2 rings (SSSR count). The van der Waals surface area contributed by atoms with E-state index in [2.05, 4.69) is 15.0 Å². The Kier molecular flexibility index (Phi) is 5.94. The summed E-state index contributed by atoms with van der Waals surface area (Å²) in [6, 6.07) is 4.91. The van der Waals surface area contributed by atoms with Crippen LogP contribution in [0.4, 0.5) is 13.2 Å². The Morgan fingerprint density at radius 2 is 2.21 bits per heavy atom. The van der Waals surface area contributed by atoms with Crippen LogP contribution in [0, 0.1) is 0 Å². The number of halogens is 4. The van der Waals surface area contributed by atoms with Gasteiger partial charge in [0.1, 0.15) is 5.75 Å². The highest BCUT2D eigenvalue weighted by atomic mass is 35.5. The smallest absolute Gasteiger partial charge is 0.390 e. The van der Waals surface area contributed by atoms with Crippen molar-refractivity contribution in [3.63, 3.8) is 0 Å². The topological polar surface area (TPSA) is 69.0 Å². The van der Waals surface area contributed by atoms with Crippen molar-refractivity contribution in [2.45, 2.75) is 24.0 Å². The van der Waals surface area contributed by atoms with Gasteiger partial charge in [-0.25, -0.2) is 0 Å². The summed E-state index contributed by atoms with van der Waals surface area (Å²) in [7, 11) is 1.50. The van der Waals surface area contributed by atoms with E-state index in [-0.39, 0.29) is 5.69 Å². The number of methoxy groups -OCH3 is 1. The van der Waals surface area contributed by atoms with Crippen molar-refractivity contribution >= 4 is 29.5 Å². The van der Waals surface area contributed by atoms with Crippen molar-refractivity contribution in [1.82, 2.24) is 19.7 Å². The van der Waals surface area contributed by atoms with Crippen LogP contribution >= 0.6 is 23.5 Å². The van der Waals surface area contributed by atoms with Crippen LogP contribution in [0.2, 0.25) is 5.02 Å². The molecule has 0 spiro atoms. The molecule has 130 valence electrons. The molecular formula is C13H12ClF3N4O2S. The van der Waals surface area contributed by atoms with E-state index in [0.29, 0.717) is 15.7 Å². The standard InChI is InChI=1S/C13H12ClF3N4O2S/c1-23-8-2-3-9(14)11(6-8)24-19-12(22)10-7-21(20-18-10)5-4-13(15,16)17/h2-3,6-7H,4-5H2,1H3,(H,19,22). The van der Waals surface area contributed by atoms with Gasteiger partial charge in [-0.3, -0.25) is 14.2 Å². The van der Waals surface area contributed by atoms with Crippen molar-refractivity contribution in [2.24, 2.45) is 0 Å². The van der Waals surface area contributed by atoms with Crippen molar-refractivity contribution < 1.29 is 22.7 Å². The largest absolute Gasteiger partial charge is 0.497 e. The van der Waals surface area contributed by atoms with Gasteiger partial charge < -0.3 is 4.74 Å². The normalized spacial score (nSPS) is 11.4. The number of amides is 1. The number of ether oxygens (including phenoxy) is 1. The number of benzene rings is 1. The Morgan fingerprint density at radius 3 is 2.88 bits per heavy atom. The molecule has 1 amide bonds. The molecule has 0 aliphatic rings. The molecule has 0 atom stereocenters. The fraction of sp³-hybridized carbons (Fsp3) is 0.308. The second-order valence-corrected chi connectivity index (χ2v) is 5.82. The van der Waals surface area contributed by atoms with Crippen LogP contribution in [-0.4, -0.2) is 34.2 Å². The SMILES string of the molecule is COc1ccc(Cl)c(SNC(=O)c2cn(CCC(F)(F)F)nn2)c1. The van der Waals surface area contributed by atoms with E-state index in [9.17, 15) is 18.0 Å². The third-order valence-electron chi connectivity index (χ3n) is 2.79. The fourth-order valence-electron chi connectivity index (χ4n) is 1.60. The van der Waals surface area contributed by atoms with Gasteiger partial charge in [0.05, 0.1) is 36.2 Å². The number of hydrogen-bond acceptors (Lipinski definition) is 5. The van der Waals surface area contributed by atoms with Gasteiger partial charge >= 0.3 is 6.18 Å². The van der Waals surface area contributed by atoms with Crippen LogP contribution in [0.25, 0.3) is 0 Å². The Hall–Kier alpha value is -1.94. The second-order valence-electron chi connectivity index (χ2n) is 4.56. The molecule has 1 aromatic carbocycles. The molecule has 1 heterocycles. The van der Waals surface area contributed by atoms with Crippen LogP contribution in [-0.2, 0) is 6.54 Å². The number of rotatable bonds is 6. The minimum Gasteiger partial charge on any atom is -0.497 e. The average molecular weight is 381 g/mol. The maximum absolute atomic E-state index is 12.1. The molecule has 0 aliphatic carbocycles. The molecule has 0 fully saturated rings. The van der Waals surface area contributed by atoms with Gasteiger partial charge in [-0.1, -0.05) is 16.8 Å². The predicted molar refractivity (Wildman–Crippen MR) is 82.0 cm³/mol. The van der Waals surface area contributed by atoms with Gasteiger partial charge in [0, 0.05) is 0 Å². The van der Waals surface area contributed by atoms with Gasteiger partial charge in [0.2, 0.25) is 0 Å². The molecule has 11 heteroatoms. The van der Waals surface area contributed by atoms with Crippen LogP contribution in [0.5, 0.6) is 5.75 Å². The zero-order valence-electron chi connectivity index (χ0n) is 12.3. The van der Waals surface area contributed by atoms with Gasteiger partial charge in [0.15, 0.2) is 5.69 Å². The lowest BCUT2D eigenvalue weighted by Gasteiger charge is -2.06. The lowest BCUT2D eigenvalue weighted by atomic mass is 10.3. The second kappa shape index (κ2) is 7.75. The molecule has 1 aromatic heterocycles. The van der Waals surface area contributed by atoms with Crippen molar-refractivity contribution in [2.75, 3.05) is 7.11 Å². The Bertz CT molecular complexity index is 723. The maximum Gasteiger partial charge on any atom is 0.390 e. The minimum absolute atomic E-state index is 0.0938. The molecular weight excluding hydrogens is 369 g/mol. The first-order chi connectivity index (χ1) is 11.3. The number of aryl methyl sites for hydroxylation is 1. The predicted octanol–water partition coefficient (Wildman–Crippen LogP) is 3.33. The quantitative estimate of drug-likeness (QED) is 0.778. The first-order valence-electron chi connectivity index (χ1n) is 6.56. The zero-order valence-corrected chi connectivity index (χ0v) is 13.9. The summed E-state index contributed by atoms with van der Waals surface area (Å²) in [5.74, 6) is -0.0358. The van der Waals surface area contributed by atoms with Crippen LogP contribution < -0.4 is 9.46 Å². The number of nitrogens with one attached hydrogen (secondary N) is 1. The summed E-state index contributed by atoms with van der Waals surface area (Å²) in [5.41, 5.74) is -0.0938. The molecule has 1 N–H and O–H groups in total. The molecule has 0 radical (unpaired) electrons. The van der Waals surface area contributed by atoms with E-state index < -0.39 is 25.0 Å². The van der Waals surface area contributed by atoms with Crippen molar-refractivity contribution in [3.8, 4) is 5.75 Å². The molecule has 0 unspecified atom stereocenters. The Labute approximate surface area is 144 Å². The number of nitrogens with zero attached hydrogens (tertiary/aromatic N) is 3. The van der Waals surface area contributed by atoms with Crippen LogP contribution in [0.1, 0.15) is 16.9 Å². The Morgan fingerprint density at radius 1 is 1.46 bits per heavy atom. The summed E-state index contributed by atoms with van der Waals surface area (Å²) in [4.78, 5) is 12.5. The average Bonchev–Trinajstić information content (AvgIpc) is 3.00. The number of hydrogen-bond donors (Lipinski definition) is 1. The zero-order chi connectivity index (χ0) is 17.7. The maximum atomic E-state index is 12.1.